The van der Waals surface area contributed by atoms with E-state index in [4.69, 9.17) is 0 Å². The first-order chi connectivity index (χ1) is 9.00. The molecule has 19 heavy (non-hydrogen) atoms. The topological polar surface area (TPSA) is 59.1 Å². The molecule has 0 spiro atoms. The molecule has 2 aromatic rings. The summed E-state index contributed by atoms with van der Waals surface area (Å²) in [7, 11) is -3.48. The first-order valence-corrected chi connectivity index (χ1v) is 8.37. The van der Waals surface area contributed by atoms with Crippen molar-refractivity contribution >= 4 is 36.7 Å². The lowest BCUT2D eigenvalue weighted by Crippen LogP contribution is -2.26. The molecule has 1 aromatic carbocycles. The molecule has 0 aliphatic rings. The molecule has 1 aromatic heterocycles. The van der Waals surface area contributed by atoms with Gasteiger partial charge in [0.25, 0.3) is 0 Å². The van der Waals surface area contributed by atoms with Crippen LogP contribution >= 0.6 is 15.9 Å². The summed E-state index contributed by atoms with van der Waals surface area (Å²) in [6.45, 7) is 2.40. The van der Waals surface area contributed by atoms with Crippen LogP contribution < -0.4 is 4.72 Å². The van der Waals surface area contributed by atoms with Gasteiger partial charge < -0.3 is 0 Å². The van der Waals surface area contributed by atoms with Crippen LogP contribution in [0.15, 0.2) is 41.6 Å². The van der Waals surface area contributed by atoms with Crippen molar-refractivity contribution in [3.63, 3.8) is 0 Å². The van der Waals surface area contributed by atoms with Crippen molar-refractivity contribution in [2.75, 3.05) is 6.54 Å². The van der Waals surface area contributed by atoms with Gasteiger partial charge in [-0.1, -0.05) is 35.0 Å². The Morgan fingerprint density at radius 1 is 1.37 bits per heavy atom. The highest BCUT2D eigenvalue weighted by molar-refractivity contribution is 9.09. The van der Waals surface area contributed by atoms with E-state index in [-0.39, 0.29) is 4.83 Å². The maximum absolute atomic E-state index is 12.3. The molecule has 1 N–H and O–H groups in total. The van der Waals surface area contributed by atoms with Crippen molar-refractivity contribution in [3.05, 3.63) is 36.7 Å². The Morgan fingerprint density at radius 2 is 2.16 bits per heavy atom. The molecule has 1 atom stereocenters. The molecule has 1 unspecified atom stereocenters. The Kier molecular flexibility index (Phi) is 4.54. The number of halogens is 1. The number of alkyl halides is 1. The van der Waals surface area contributed by atoms with E-state index in [2.05, 4.69) is 25.6 Å². The van der Waals surface area contributed by atoms with Gasteiger partial charge in [-0.05, 0) is 18.6 Å². The Labute approximate surface area is 121 Å². The number of fused-ring (bicyclic) bond motifs is 1. The summed E-state index contributed by atoms with van der Waals surface area (Å²) in [5.74, 6) is 0. The zero-order chi connectivity index (χ0) is 13.9. The fourth-order valence-corrected chi connectivity index (χ4v) is 3.30. The molecule has 6 heteroatoms. The third-order valence-electron chi connectivity index (χ3n) is 2.76. The predicted molar refractivity (Wildman–Crippen MR) is 79.9 cm³/mol. The fourth-order valence-electron chi connectivity index (χ4n) is 1.80. The monoisotopic (exact) mass is 342 g/mol. The van der Waals surface area contributed by atoms with Gasteiger partial charge in [0.1, 0.15) is 0 Å². The van der Waals surface area contributed by atoms with Crippen molar-refractivity contribution < 1.29 is 8.42 Å². The summed E-state index contributed by atoms with van der Waals surface area (Å²) < 4.78 is 27.2. The minimum atomic E-state index is -3.48. The SMILES string of the molecule is CC(Br)CCNS(=O)(=O)c1cccc2cnccc12. The fraction of sp³-hybridized carbons (Fsp3) is 0.308. The van der Waals surface area contributed by atoms with Crippen LogP contribution in [0, 0.1) is 0 Å². The minimum Gasteiger partial charge on any atom is -0.264 e. The van der Waals surface area contributed by atoms with Gasteiger partial charge in [0, 0.05) is 34.5 Å². The Balaban J connectivity index is 2.33. The van der Waals surface area contributed by atoms with Crippen molar-refractivity contribution in [1.82, 2.24) is 9.71 Å². The van der Waals surface area contributed by atoms with Crippen LogP contribution in [0.1, 0.15) is 13.3 Å². The van der Waals surface area contributed by atoms with Gasteiger partial charge >= 0.3 is 0 Å². The minimum absolute atomic E-state index is 0.284. The number of hydrogen-bond acceptors (Lipinski definition) is 3. The van der Waals surface area contributed by atoms with Crippen LogP contribution in [-0.4, -0.2) is 24.8 Å². The number of sulfonamides is 1. The van der Waals surface area contributed by atoms with Crippen molar-refractivity contribution in [1.29, 1.82) is 0 Å². The molecule has 0 amide bonds. The third-order valence-corrected chi connectivity index (χ3v) is 4.74. The van der Waals surface area contributed by atoms with Crippen LogP contribution in [0.3, 0.4) is 0 Å². The van der Waals surface area contributed by atoms with Crippen molar-refractivity contribution in [2.45, 2.75) is 23.1 Å². The second-order valence-electron chi connectivity index (χ2n) is 4.32. The van der Waals surface area contributed by atoms with E-state index >= 15 is 0 Å². The van der Waals surface area contributed by atoms with E-state index in [1.54, 1.807) is 30.6 Å². The van der Waals surface area contributed by atoms with E-state index in [9.17, 15) is 8.42 Å². The average molecular weight is 343 g/mol. The van der Waals surface area contributed by atoms with Crippen molar-refractivity contribution in [3.8, 4) is 0 Å². The molecular formula is C13H15BrN2O2S. The molecule has 0 aliphatic carbocycles. The highest BCUT2D eigenvalue weighted by Crippen LogP contribution is 2.21. The Hall–Kier alpha value is -0.980. The molecule has 0 radical (unpaired) electrons. The average Bonchev–Trinajstić information content (AvgIpc) is 2.37. The van der Waals surface area contributed by atoms with Gasteiger partial charge in [-0.15, -0.1) is 0 Å². The zero-order valence-electron chi connectivity index (χ0n) is 10.5. The maximum Gasteiger partial charge on any atom is 0.241 e. The van der Waals surface area contributed by atoms with Crippen LogP contribution in [0.25, 0.3) is 10.8 Å². The van der Waals surface area contributed by atoms with Gasteiger partial charge in [0.05, 0.1) is 4.90 Å². The third kappa shape index (κ3) is 3.52. The van der Waals surface area contributed by atoms with E-state index in [0.29, 0.717) is 16.8 Å². The number of nitrogens with zero attached hydrogens (tertiary/aromatic N) is 1. The van der Waals surface area contributed by atoms with E-state index < -0.39 is 10.0 Å². The lowest BCUT2D eigenvalue weighted by molar-refractivity contribution is 0.580. The first-order valence-electron chi connectivity index (χ1n) is 5.97. The maximum atomic E-state index is 12.3. The smallest absolute Gasteiger partial charge is 0.241 e. The van der Waals surface area contributed by atoms with Crippen LogP contribution in [0.2, 0.25) is 0 Å². The van der Waals surface area contributed by atoms with E-state index in [1.807, 2.05) is 13.0 Å². The number of pyridine rings is 1. The van der Waals surface area contributed by atoms with Gasteiger partial charge in [-0.25, -0.2) is 13.1 Å². The Bertz CT molecular complexity index is 666. The molecule has 0 bridgehead atoms. The normalized spacial score (nSPS) is 13.6. The molecule has 0 saturated heterocycles. The molecule has 102 valence electrons. The summed E-state index contributed by atoms with van der Waals surface area (Å²) in [5.41, 5.74) is 0. The van der Waals surface area contributed by atoms with Crippen LogP contribution in [0.5, 0.6) is 0 Å². The molecule has 4 nitrogen and oxygen atoms in total. The van der Waals surface area contributed by atoms with E-state index in [0.717, 1.165) is 11.8 Å². The standard InChI is InChI=1S/C13H15BrN2O2S/c1-10(14)5-8-16-19(17,18)13-4-2-3-11-9-15-7-6-12(11)13/h2-4,6-7,9-10,16H,5,8H2,1H3. The predicted octanol–water partition coefficient (Wildman–Crippen LogP) is 2.69. The van der Waals surface area contributed by atoms with Gasteiger partial charge in [0.2, 0.25) is 10.0 Å². The van der Waals surface area contributed by atoms with Crippen LogP contribution in [0.4, 0.5) is 0 Å². The van der Waals surface area contributed by atoms with Gasteiger partial charge in [-0.3, -0.25) is 4.98 Å². The quantitative estimate of drug-likeness (QED) is 0.850. The summed E-state index contributed by atoms with van der Waals surface area (Å²) in [6.07, 6.45) is 4.00. The van der Waals surface area contributed by atoms with Crippen LogP contribution in [-0.2, 0) is 10.0 Å². The molecule has 2 rings (SSSR count). The lowest BCUT2D eigenvalue weighted by Gasteiger charge is -2.10. The molecule has 1 heterocycles. The zero-order valence-corrected chi connectivity index (χ0v) is 12.9. The van der Waals surface area contributed by atoms with Gasteiger partial charge in [-0.2, -0.15) is 0 Å². The molecular weight excluding hydrogens is 328 g/mol. The number of rotatable bonds is 5. The highest BCUT2D eigenvalue weighted by atomic mass is 79.9. The summed E-state index contributed by atoms with van der Waals surface area (Å²) >= 11 is 3.40. The largest absolute Gasteiger partial charge is 0.264 e. The lowest BCUT2D eigenvalue weighted by atomic mass is 10.2. The Morgan fingerprint density at radius 3 is 2.89 bits per heavy atom. The first kappa shape index (κ1) is 14.4. The number of hydrogen-bond donors (Lipinski definition) is 1. The van der Waals surface area contributed by atoms with Crippen molar-refractivity contribution in [2.24, 2.45) is 0 Å². The number of nitrogens with one attached hydrogen (secondary N) is 1. The highest BCUT2D eigenvalue weighted by Gasteiger charge is 2.16. The summed E-state index contributed by atoms with van der Waals surface area (Å²) in [6, 6.07) is 6.91. The number of benzene rings is 1. The molecule has 0 saturated carbocycles. The molecule has 0 aliphatic heterocycles. The summed E-state index contributed by atoms with van der Waals surface area (Å²) in [4.78, 5) is 4.58. The summed E-state index contributed by atoms with van der Waals surface area (Å²) in [5, 5.41) is 1.51. The van der Waals surface area contributed by atoms with E-state index in [1.165, 1.54) is 0 Å². The number of aromatic nitrogens is 1. The second kappa shape index (κ2) is 5.98. The van der Waals surface area contributed by atoms with Gasteiger partial charge in [0.15, 0.2) is 0 Å². The molecule has 0 fully saturated rings. The second-order valence-corrected chi connectivity index (χ2v) is 7.62.